The van der Waals surface area contributed by atoms with Crippen molar-refractivity contribution < 1.29 is 14.3 Å². The molecule has 0 spiro atoms. The smallest absolute Gasteiger partial charge is 0.308 e. The summed E-state index contributed by atoms with van der Waals surface area (Å²) in [6.07, 6.45) is 1.49. The predicted octanol–water partition coefficient (Wildman–Crippen LogP) is 1.61. The van der Waals surface area contributed by atoms with Crippen LogP contribution in [0.4, 0.5) is 0 Å². The Morgan fingerprint density at radius 2 is 1.84 bits per heavy atom. The SMILES string of the molecule is CC(=O)Oc1ccc(/C=C(/C#N)C(=O)N(C)C)cc1. The average molecular weight is 258 g/mol. The molecular formula is C14H14N2O3. The number of carbonyl (C=O) groups excluding carboxylic acids is 2. The Hall–Kier alpha value is -2.61. The normalized spacial score (nSPS) is 10.5. The number of hydrogen-bond donors (Lipinski definition) is 0. The van der Waals surface area contributed by atoms with E-state index in [9.17, 15) is 9.59 Å². The van der Waals surface area contributed by atoms with Crippen LogP contribution >= 0.6 is 0 Å². The molecule has 0 fully saturated rings. The zero-order valence-corrected chi connectivity index (χ0v) is 11.0. The molecule has 0 atom stereocenters. The van der Waals surface area contributed by atoms with E-state index in [0.29, 0.717) is 11.3 Å². The Labute approximate surface area is 111 Å². The fourth-order valence-corrected chi connectivity index (χ4v) is 1.35. The van der Waals surface area contributed by atoms with E-state index in [1.54, 1.807) is 38.4 Å². The van der Waals surface area contributed by atoms with E-state index in [-0.39, 0.29) is 11.5 Å². The number of ether oxygens (including phenoxy) is 1. The number of carbonyl (C=O) groups is 2. The number of hydrogen-bond acceptors (Lipinski definition) is 4. The summed E-state index contributed by atoms with van der Waals surface area (Å²) in [5.41, 5.74) is 0.730. The lowest BCUT2D eigenvalue weighted by atomic mass is 10.1. The van der Waals surface area contributed by atoms with Crippen molar-refractivity contribution in [1.82, 2.24) is 4.90 Å². The van der Waals surface area contributed by atoms with Crippen molar-refractivity contribution in [3.63, 3.8) is 0 Å². The van der Waals surface area contributed by atoms with Gasteiger partial charge < -0.3 is 9.64 Å². The van der Waals surface area contributed by atoms with Crippen LogP contribution in [0.25, 0.3) is 6.08 Å². The predicted molar refractivity (Wildman–Crippen MR) is 70.0 cm³/mol. The molecule has 0 aromatic heterocycles. The third-order valence-corrected chi connectivity index (χ3v) is 2.21. The molecular weight excluding hydrogens is 244 g/mol. The van der Waals surface area contributed by atoms with Crippen LogP contribution in [0.3, 0.4) is 0 Å². The van der Waals surface area contributed by atoms with Crippen LogP contribution in [0.2, 0.25) is 0 Å². The van der Waals surface area contributed by atoms with Gasteiger partial charge in [0.25, 0.3) is 5.91 Å². The van der Waals surface area contributed by atoms with Gasteiger partial charge >= 0.3 is 5.97 Å². The lowest BCUT2D eigenvalue weighted by Gasteiger charge is -2.08. The number of rotatable bonds is 3. The van der Waals surface area contributed by atoms with Crippen LogP contribution in [0.5, 0.6) is 5.75 Å². The lowest BCUT2D eigenvalue weighted by molar-refractivity contribution is -0.131. The molecule has 0 aliphatic rings. The maximum Gasteiger partial charge on any atom is 0.308 e. The molecule has 1 aromatic carbocycles. The van der Waals surface area contributed by atoms with E-state index < -0.39 is 5.97 Å². The fourth-order valence-electron chi connectivity index (χ4n) is 1.35. The summed E-state index contributed by atoms with van der Waals surface area (Å²) in [4.78, 5) is 23.8. The fraction of sp³-hybridized carbons (Fsp3) is 0.214. The van der Waals surface area contributed by atoms with Crippen molar-refractivity contribution in [3.05, 3.63) is 35.4 Å². The largest absolute Gasteiger partial charge is 0.427 e. The summed E-state index contributed by atoms with van der Waals surface area (Å²) in [6, 6.07) is 8.39. The lowest BCUT2D eigenvalue weighted by Crippen LogP contribution is -2.22. The summed E-state index contributed by atoms with van der Waals surface area (Å²) in [7, 11) is 3.16. The van der Waals surface area contributed by atoms with E-state index in [1.807, 2.05) is 6.07 Å². The van der Waals surface area contributed by atoms with Crippen molar-refractivity contribution in [1.29, 1.82) is 5.26 Å². The summed E-state index contributed by atoms with van der Waals surface area (Å²) in [6.45, 7) is 1.32. The molecule has 0 unspecified atom stereocenters. The molecule has 98 valence electrons. The molecule has 0 aliphatic carbocycles. The van der Waals surface area contributed by atoms with Crippen LogP contribution in [-0.2, 0) is 9.59 Å². The molecule has 0 aliphatic heterocycles. The molecule has 0 bridgehead atoms. The number of benzene rings is 1. The van der Waals surface area contributed by atoms with Gasteiger partial charge in [0.05, 0.1) is 0 Å². The Balaban J connectivity index is 2.95. The minimum absolute atomic E-state index is 0.0465. The molecule has 1 amide bonds. The topological polar surface area (TPSA) is 70.4 Å². The van der Waals surface area contributed by atoms with Crippen LogP contribution in [-0.4, -0.2) is 30.9 Å². The molecule has 1 rings (SSSR count). The van der Waals surface area contributed by atoms with Gasteiger partial charge in [0.2, 0.25) is 0 Å². The number of nitrogens with zero attached hydrogens (tertiary/aromatic N) is 2. The molecule has 5 heteroatoms. The zero-order valence-electron chi connectivity index (χ0n) is 11.0. The van der Waals surface area contributed by atoms with E-state index in [1.165, 1.54) is 17.9 Å². The minimum atomic E-state index is -0.399. The molecule has 5 nitrogen and oxygen atoms in total. The average Bonchev–Trinajstić information content (AvgIpc) is 2.36. The van der Waals surface area contributed by atoms with Crippen LogP contribution in [0.1, 0.15) is 12.5 Å². The van der Waals surface area contributed by atoms with Gasteiger partial charge in [-0.1, -0.05) is 12.1 Å². The van der Waals surface area contributed by atoms with Crippen LogP contribution in [0, 0.1) is 11.3 Å². The molecule has 0 heterocycles. The summed E-state index contributed by atoms with van der Waals surface area (Å²) in [5.74, 6) is -0.336. The van der Waals surface area contributed by atoms with Gasteiger partial charge in [-0.3, -0.25) is 9.59 Å². The summed E-state index contributed by atoms with van der Waals surface area (Å²) >= 11 is 0. The first-order chi connectivity index (χ1) is 8.93. The monoisotopic (exact) mass is 258 g/mol. The molecule has 0 saturated carbocycles. The molecule has 0 radical (unpaired) electrons. The number of amides is 1. The molecule has 1 aromatic rings. The third-order valence-electron chi connectivity index (χ3n) is 2.21. The van der Waals surface area contributed by atoms with Crippen molar-refractivity contribution in [2.24, 2.45) is 0 Å². The number of nitriles is 1. The first kappa shape index (κ1) is 14.5. The molecule has 19 heavy (non-hydrogen) atoms. The minimum Gasteiger partial charge on any atom is -0.427 e. The second kappa shape index (κ2) is 6.36. The van der Waals surface area contributed by atoms with Crippen molar-refractivity contribution in [2.45, 2.75) is 6.92 Å². The highest BCUT2D eigenvalue weighted by Gasteiger charge is 2.10. The summed E-state index contributed by atoms with van der Waals surface area (Å²) < 4.78 is 4.89. The maximum atomic E-state index is 11.7. The Bertz CT molecular complexity index is 551. The number of esters is 1. The second-order valence-corrected chi connectivity index (χ2v) is 4.03. The summed E-state index contributed by atoms with van der Waals surface area (Å²) in [5, 5.41) is 8.95. The Morgan fingerprint density at radius 3 is 2.26 bits per heavy atom. The van der Waals surface area contributed by atoms with Crippen molar-refractivity contribution >= 4 is 18.0 Å². The van der Waals surface area contributed by atoms with E-state index in [4.69, 9.17) is 10.00 Å². The first-order valence-electron chi connectivity index (χ1n) is 5.56. The Kier molecular flexibility index (Phi) is 4.84. The van der Waals surface area contributed by atoms with Gasteiger partial charge in [-0.25, -0.2) is 0 Å². The van der Waals surface area contributed by atoms with Crippen molar-refractivity contribution in [2.75, 3.05) is 14.1 Å². The van der Waals surface area contributed by atoms with E-state index in [2.05, 4.69) is 0 Å². The second-order valence-electron chi connectivity index (χ2n) is 4.03. The van der Waals surface area contributed by atoms with Gasteiger partial charge in [0, 0.05) is 21.0 Å². The van der Waals surface area contributed by atoms with Crippen LogP contribution in [0.15, 0.2) is 29.8 Å². The first-order valence-corrected chi connectivity index (χ1v) is 5.56. The van der Waals surface area contributed by atoms with Crippen LogP contribution < -0.4 is 4.74 Å². The van der Waals surface area contributed by atoms with Gasteiger partial charge in [-0.2, -0.15) is 5.26 Å². The Morgan fingerprint density at radius 1 is 1.26 bits per heavy atom. The number of likely N-dealkylation sites (N-methyl/N-ethyl adjacent to an activating group) is 1. The maximum absolute atomic E-state index is 11.7. The van der Waals surface area contributed by atoms with E-state index >= 15 is 0 Å². The quantitative estimate of drug-likeness (QED) is 0.357. The van der Waals surface area contributed by atoms with Crippen molar-refractivity contribution in [3.8, 4) is 11.8 Å². The highest BCUT2D eigenvalue weighted by molar-refractivity contribution is 6.01. The van der Waals surface area contributed by atoms with E-state index in [0.717, 1.165) is 0 Å². The highest BCUT2D eigenvalue weighted by atomic mass is 16.5. The van der Waals surface area contributed by atoms with Gasteiger partial charge in [-0.15, -0.1) is 0 Å². The van der Waals surface area contributed by atoms with Gasteiger partial charge in [-0.05, 0) is 23.8 Å². The van der Waals surface area contributed by atoms with Gasteiger partial charge in [0.1, 0.15) is 17.4 Å². The highest BCUT2D eigenvalue weighted by Crippen LogP contribution is 2.15. The molecule has 0 N–H and O–H groups in total. The zero-order chi connectivity index (χ0) is 14.4. The third kappa shape index (κ3) is 4.28. The van der Waals surface area contributed by atoms with Gasteiger partial charge in [0.15, 0.2) is 0 Å². The molecule has 0 saturated heterocycles. The standard InChI is InChI=1S/C14H14N2O3/c1-10(17)19-13-6-4-11(5-7-13)8-12(9-15)14(18)16(2)3/h4-8H,1-3H3/b12-8-.